The number of aliphatic hydroxyl groups excluding tert-OH is 1. The summed E-state index contributed by atoms with van der Waals surface area (Å²) >= 11 is 0. The Morgan fingerprint density at radius 1 is 1.12 bits per heavy atom. The minimum Gasteiger partial charge on any atom is -0.393 e. The van der Waals surface area contributed by atoms with Crippen LogP contribution in [0.1, 0.15) is 52.4 Å². The van der Waals surface area contributed by atoms with E-state index in [1.54, 1.807) is 19.9 Å². The third-order valence-corrected chi connectivity index (χ3v) is 8.80. The number of hydrogen-bond donors (Lipinski definition) is 3. The van der Waals surface area contributed by atoms with Crippen LogP contribution in [-0.2, 0) is 19.4 Å². The average Bonchev–Trinajstić information content (AvgIpc) is 2.51. The van der Waals surface area contributed by atoms with Crippen molar-refractivity contribution in [1.82, 2.24) is 10.6 Å². The topological polar surface area (TPSA) is 113 Å². The zero-order valence-corrected chi connectivity index (χ0v) is 16.1. The molecular formula is C18H28N2O5S. The van der Waals surface area contributed by atoms with Crippen molar-refractivity contribution in [2.75, 3.05) is 5.75 Å². The average molecular weight is 384 g/mol. The van der Waals surface area contributed by atoms with Crippen molar-refractivity contribution >= 4 is 21.7 Å². The van der Waals surface area contributed by atoms with Gasteiger partial charge in [0.1, 0.15) is 0 Å². The van der Waals surface area contributed by atoms with Crippen molar-refractivity contribution in [3.8, 4) is 0 Å². The molecule has 1 saturated heterocycles. The van der Waals surface area contributed by atoms with Gasteiger partial charge in [0, 0.05) is 23.6 Å². The van der Waals surface area contributed by atoms with E-state index >= 15 is 0 Å². The summed E-state index contributed by atoms with van der Waals surface area (Å²) in [5.74, 6) is -0.521. The van der Waals surface area contributed by atoms with Crippen molar-refractivity contribution in [3.63, 3.8) is 0 Å². The van der Waals surface area contributed by atoms with Crippen LogP contribution in [0.25, 0.3) is 0 Å². The van der Waals surface area contributed by atoms with Crippen LogP contribution in [-0.4, -0.2) is 54.0 Å². The van der Waals surface area contributed by atoms with Gasteiger partial charge in [0.25, 0.3) is 0 Å². The molecule has 3 N–H and O–H groups in total. The van der Waals surface area contributed by atoms with Gasteiger partial charge in [-0.05, 0) is 52.4 Å². The lowest BCUT2D eigenvalue weighted by Crippen LogP contribution is -2.62. The maximum atomic E-state index is 12.6. The lowest BCUT2D eigenvalue weighted by atomic mass is 9.69. The van der Waals surface area contributed by atoms with Crippen LogP contribution in [0.3, 0.4) is 0 Å². The first-order valence-electron chi connectivity index (χ1n) is 9.30. The molecular weight excluding hydrogens is 356 g/mol. The van der Waals surface area contributed by atoms with Crippen LogP contribution in [0.4, 0.5) is 0 Å². The number of rotatable bonds is 4. The maximum Gasteiger partial charge on any atom is 0.246 e. The normalized spacial score (nSPS) is 38.8. The Morgan fingerprint density at radius 2 is 1.77 bits per heavy atom. The minimum absolute atomic E-state index is 0.00727. The number of carbonyl (C=O) groups is 2. The molecule has 1 spiro atoms. The van der Waals surface area contributed by atoms with Crippen LogP contribution < -0.4 is 10.6 Å². The Morgan fingerprint density at radius 3 is 2.35 bits per heavy atom. The fraction of sp³-hybridized carbons (Fsp3) is 0.778. The molecule has 1 aliphatic heterocycles. The highest BCUT2D eigenvalue weighted by Crippen LogP contribution is 2.50. The quantitative estimate of drug-likeness (QED) is 0.609. The Labute approximate surface area is 154 Å². The highest BCUT2D eigenvalue weighted by atomic mass is 32.2. The molecule has 146 valence electrons. The summed E-state index contributed by atoms with van der Waals surface area (Å²) in [6.07, 6.45) is 3.98. The van der Waals surface area contributed by atoms with Gasteiger partial charge in [0.15, 0.2) is 9.84 Å². The number of aliphatic hydroxyl groups is 1. The van der Waals surface area contributed by atoms with Crippen LogP contribution in [0.5, 0.6) is 0 Å². The van der Waals surface area contributed by atoms with Gasteiger partial charge in [0.2, 0.25) is 11.8 Å². The van der Waals surface area contributed by atoms with Gasteiger partial charge in [0.05, 0.1) is 16.6 Å². The van der Waals surface area contributed by atoms with Crippen LogP contribution in [0, 0.1) is 5.92 Å². The summed E-state index contributed by atoms with van der Waals surface area (Å²) in [6, 6.07) is -0.167. The highest BCUT2D eigenvalue weighted by molar-refractivity contribution is 7.92. The first-order valence-corrected chi connectivity index (χ1v) is 11.0. The van der Waals surface area contributed by atoms with E-state index in [-0.39, 0.29) is 41.7 Å². The predicted molar refractivity (Wildman–Crippen MR) is 97.0 cm³/mol. The monoisotopic (exact) mass is 384 g/mol. The molecule has 2 saturated carbocycles. The number of carbonyl (C=O) groups excluding carboxylic acids is 2. The second kappa shape index (κ2) is 6.96. The first-order chi connectivity index (χ1) is 12.2. The zero-order chi connectivity index (χ0) is 19.1. The van der Waals surface area contributed by atoms with E-state index in [4.69, 9.17) is 0 Å². The minimum atomic E-state index is -3.26. The van der Waals surface area contributed by atoms with Crippen molar-refractivity contribution in [2.45, 2.75) is 75.3 Å². The van der Waals surface area contributed by atoms with Gasteiger partial charge in [-0.15, -0.1) is 0 Å². The molecule has 1 atom stereocenters. The molecule has 0 bridgehead atoms. The van der Waals surface area contributed by atoms with E-state index in [1.807, 2.05) is 0 Å². The zero-order valence-electron chi connectivity index (χ0n) is 15.3. The second-order valence-corrected chi connectivity index (χ2v) is 10.6. The molecule has 3 aliphatic rings. The van der Waals surface area contributed by atoms with Gasteiger partial charge >= 0.3 is 0 Å². The van der Waals surface area contributed by atoms with Gasteiger partial charge in [-0.3, -0.25) is 9.59 Å². The van der Waals surface area contributed by atoms with Gasteiger partial charge in [-0.25, -0.2) is 8.42 Å². The highest BCUT2D eigenvalue weighted by Gasteiger charge is 2.58. The molecule has 26 heavy (non-hydrogen) atoms. The van der Waals surface area contributed by atoms with Crippen molar-refractivity contribution in [1.29, 1.82) is 0 Å². The van der Waals surface area contributed by atoms with Crippen LogP contribution in [0.15, 0.2) is 11.6 Å². The van der Waals surface area contributed by atoms with E-state index in [0.29, 0.717) is 44.1 Å². The van der Waals surface area contributed by atoms with Crippen molar-refractivity contribution in [2.24, 2.45) is 5.92 Å². The molecule has 0 aromatic heterocycles. The maximum absolute atomic E-state index is 12.6. The second-order valence-electron chi connectivity index (χ2n) is 8.07. The largest absolute Gasteiger partial charge is 0.393 e. The fourth-order valence-electron chi connectivity index (χ4n) is 4.21. The molecule has 7 nitrogen and oxygen atoms in total. The third kappa shape index (κ3) is 3.53. The van der Waals surface area contributed by atoms with Crippen molar-refractivity contribution < 1.29 is 23.1 Å². The smallest absolute Gasteiger partial charge is 0.246 e. The van der Waals surface area contributed by atoms with Crippen LogP contribution in [0.2, 0.25) is 0 Å². The summed E-state index contributed by atoms with van der Waals surface area (Å²) in [5.41, 5.74) is 0.612. The lowest BCUT2D eigenvalue weighted by Gasteiger charge is -2.50. The van der Waals surface area contributed by atoms with Gasteiger partial charge in [-0.2, -0.15) is 0 Å². The molecule has 3 fully saturated rings. The lowest BCUT2D eigenvalue weighted by molar-refractivity contribution is -0.131. The van der Waals surface area contributed by atoms with Gasteiger partial charge in [-0.1, -0.05) is 6.08 Å². The number of amides is 2. The number of sulfone groups is 1. The predicted octanol–water partition coefficient (Wildman–Crippen LogP) is 0.434. The van der Waals surface area contributed by atoms with E-state index in [2.05, 4.69) is 10.6 Å². The van der Waals surface area contributed by atoms with Crippen molar-refractivity contribution in [3.05, 3.63) is 11.6 Å². The Balaban J connectivity index is 1.59. The molecule has 0 aromatic rings. The summed E-state index contributed by atoms with van der Waals surface area (Å²) in [7, 11) is -3.26. The molecule has 3 rings (SSSR count). The Hall–Kier alpha value is -1.41. The molecule has 2 amide bonds. The number of nitrogens with one attached hydrogen (secondary N) is 2. The van der Waals surface area contributed by atoms with Crippen LogP contribution >= 0.6 is 0 Å². The Kier molecular flexibility index (Phi) is 5.18. The van der Waals surface area contributed by atoms with E-state index in [1.165, 1.54) is 0 Å². The standard InChI is InChI=1S/C18H28N2O5S/c1-3-11(2)16(22)19-13-4-5-26(24,25)18(10-13)8-12(9-18)17(23)20-14-6-15(21)7-14/h3,12-15,21H,4-10H2,1-2H3,(H,19,22)(H,20,23)/b11-3+. The summed E-state index contributed by atoms with van der Waals surface area (Å²) in [5, 5.41) is 15.1. The summed E-state index contributed by atoms with van der Waals surface area (Å²) in [6.45, 7) is 3.52. The molecule has 2 aliphatic carbocycles. The SMILES string of the molecule is C/C=C(\C)C(=O)NC1CCS(=O)(=O)C2(C1)CC(C(=O)NC1CC(O)C1)C2. The van der Waals surface area contributed by atoms with E-state index in [0.717, 1.165) is 0 Å². The Bertz CT molecular complexity index is 718. The summed E-state index contributed by atoms with van der Waals surface area (Å²) < 4.78 is 24.4. The first kappa shape index (κ1) is 19.4. The van der Waals surface area contributed by atoms with E-state index < -0.39 is 14.6 Å². The summed E-state index contributed by atoms with van der Waals surface area (Å²) in [4.78, 5) is 24.4. The molecule has 1 unspecified atom stereocenters. The number of hydrogen-bond acceptors (Lipinski definition) is 5. The van der Waals surface area contributed by atoms with E-state index in [9.17, 15) is 23.1 Å². The molecule has 0 radical (unpaired) electrons. The third-order valence-electron chi connectivity index (χ3n) is 6.21. The molecule has 8 heteroatoms. The molecule has 1 heterocycles. The number of allylic oxidation sites excluding steroid dienone is 1. The fourth-order valence-corrected chi connectivity index (χ4v) is 6.61. The molecule has 0 aromatic carbocycles. The van der Waals surface area contributed by atoms with Gasteiger partial charge < -0.3 is 15.7 Å².